The Balaban J connectivity index is 1.80. The van der Waals surface area contributed by atoms with Crippen molar-refractivity contribution in [3.8, 4) is 5.75 Å². The summed E-state index contributed by atoms with van der Waals surface area (Å²) in [6, 6.07) is 10.2. The maximum absolute atomic E-state index is 12.3. The molecule has 1 unspecified atom stereocenters. The number of ether oxygens (including phenoxy) is 2. The van der Waals surface area contributed by atoms with Crippen LogP contribution in [-0.4, -0.2) is 29.6 Å². The van der Waals surface area contributed by atoms with Crippen LogP contribution < -0.4 is 10.5 Å². The Bertz CT molecular complexity index is 887. The molecule has 0 aliphatic heterocycles. The van der Waals surface area contributed by atoms with Gasteiger partial charge in [-0.25, -0.2) is 4.79 Å². The zero-order valence-corrected chi connectivity index (χ0v) is 17.7. The quantitative estimate of drug-likeness (QED) is 0.263. The van der Waals surface area contributed by atoms with Crippen LogP contribution in [-0.2, 0) is 20.3 Å². The van der Waals surface area contributed by atoms with Crippen molar-refractivity contribution in [1.82, 2.24) is 0 Å². The molecular weight excluding hydrogens is 421 g/mol. The van der Waals surface area contributed by atoms with Crippen LogP contribution in [0.5, 0.6) is 5.75 Å². The van der Waals surface area contributed by atoms with Crippen LogP contribution in [0.25, 0.3) is 6.08 Å². The van der Waals surface area contributed by atoms with Gasteiger partial charge >= 0.3 is 5.97 Å². The molecule has 0 saturated heterocycles. The summed E-state index contributed by atoms with van der Waals surface area (Å²) in [5, 5.41) is 0.844. The molecule has 2 aromatic rings. The van der Waals surface area contributed by atoms with E-state index < -0.39 is 16.8 Å². The van der Waals surface area contributed by atoms with Gasteiger partial charge in [-0.15, -0.1) is 0 Å². The number of rotatable bonds is 9. The first-order valence-corrected chi connectivity index (χ1v) is 10.6. The molecule has 0 radical (unpaired) electrons. The Morgan fingerprint density at radius 3 is 2.64 bits per heavy atom. The minimum atomic E-state index is -1.13. The molecule has 1 atom stereocenters. The largest absolute Gasteiger partial charge is 0.494 e. The molecule has 2 N–H and O–H groups in total. The Kier molecular flexibility index (Phi) is 8.83. The second-order valence-corrected chi connectivity index (χ2v) is 8.21. The monoisotopic (exact) mass is 441 g/mol. The average molecular weight is 442 g/mol. The molecule has 28 heavy (non-hydrogen) atoms. The van der Waals surface area contributed by atoms with Crippen LogP contribution in [0.3, 0.4) is 0 Å². The second-order valence-electron chi connectivity index (χ2n) is 5.83. The summed E-state index contributed by atoms with van der Waals surface area (Å²) in [5.74, 6) is 0.695. The zero-order valence-electron chi connectivity index (χ0n) is 15.3. The van der Waals surface area contributed by atoms with Gasteiger partial charge in [0, 0.05) is 28.0 Å². The highest BCUT2D eigenvalue weighted by atomic mass is 35.5. The molecular formula is C20H21Cl2NO4S. The summed E-state index contributed by atoms with van der Waals surface area (Å²) in [7, 11) is 0.177. The van der Waals surface area contributed by atoms with Gasteiger partial charge in [-0.05, 0) is 55.3 Å². The van der Waals surface area contributed by atoms with E-state index in [4.69, 9.17) is 33.7 Å². The lowest BCUT2D eigenvalue weighted by molar-refractivity contribution is -0.134. The van der Waals surface area contributed by atoms with E-state index in [1.165, 1.54) is 13.2 Å². The number of anilines is 1. The van der Waals surface area contributed by atoms with Gasteiger partial charge in [0.25, 0.3) is 0 Å². The van der Waals surface area contributed by atoms with E-state index in [2.05, 4.69) is 4.74 Å². The SMILES string of the molecule is COC(=O)C=Cc1cc(OCCCCS(=O)c2ccc(Cl)c(Cl)c2)ccc1N. The molecule has 8 heteroatoms. The Labute approximate surface area is 176 Å². The highest BCUT2D eigenvalue weighted by Crippen LogP contribution is 2.24. The van der Waals surface area contributed by atoms with Gasteiger partial charge in [0.05, 0.1) is 34.6 Å². The fourth-order valence-electron chi connectivity index (χ4n) is 2.27. The van der Waals surface area contributed by atoms with E-state index in [1.807, 2.05) is 0 Å². The van der Waals surface area contributed by atoms with E-state index in [9.17, 15) is 9.00 Å². The van der Waals surface area contributed by atoms with Gasteiger partial charge in [0.2, 0.25) is 0 Å². The first-order chi connectivity index (χ1) is 13.4. The third kappa shape index (κ3) is 6.86. The molecule has 0 fully saturated rings. The number of halogens is 2. The van der Waals surface area contributed by atoms with Gasteiger partial charge in [-0.1, -0.05) is 23.2 Å². The van der Waals surface area contributed by atoms with Crippen LogP contribution in [0.4, 0.5) is 5.69 Å². The molecule has 5 nitrogen and oxygen atoms in total. The van der Waals surface area contributed by atoms with Crippen molar-refractivity contribution in [2.75, 3.05) is 25.2 Å². The van der Waals surface area contributed by atoms with Crippen LogP contribution in [0, 0.1) is 0 Å². The molecule has 0 saturated carbocycles. The van der Waals surface area contributed by atoms with E-state index in [1.54, 1.807) is 42.5 Å². The van der Waals surface area contributed by atoms with Crippen molar-refractivity contribution >= 4 is 51.7 Å². The molecule has 2 rings (SSSR count). The van der Waals surface area contributed by atoms with Crippen molar-refractivity contribution in [3.05, 3.63) is 58.1 Å². The van der Waals surface area contributed by atoms with Crippen molar-refractivity contribution in [1.29, 1.82) is 0 Å². The number of benzene rings is 2. The summed E-state index contributed by atoms with van der Waals surface area (Å²) in [4.78, 5) is 11.9. The first-order valence-electron chi connectivity index (χ1n) is 8.52. The second kappa shape index (κ2) is 11.1. The van der Waals surface area contributed by atoms with Crippen molar-refractivity contribution in [3.63, 3.8) is 0 Å². The third-order valence-corrected chi connectivity index (χ3v) is 5.98. The molecule has 0 amide bonds. The summed E-state index contributed by atoms with van der Waals surface area (Å²) >= 11 is 11.8. The topological polar surface area (TPSA) is 78.6 Å². The van der Waals surface area contributed by atoms with E-state index in [-0.39, 0.29) is 0 Å². The number of hydrogen-bond donors (Lipinski definition) is 1. The van der Waals surface area contributed by atoms with Gasteiger partial charge in [0.1, 0.15) is 5.75 Å². The number of nitrogen functional groups attached to an aromatic ring is 1. The van der Waals surface area contributed by atoms with E-state index in [0.717, 1.165) is 12.8 Å². The summed E-state index contributed by atoms with van der Waals surface area (Å²) in [6.07, 6.45) is 4.35. The maximum atomic E-state index is 12.3. The Morgan fingerprint density at radius 1 is 1.14 bits per heavy atom. The molecule has 0 aliphatic rings. The highest BCUT2D eigenvalue weighted by Gasteiger charge is 2.07. The fourth-order valence-corrected chi connectivity index (χ4v) is 3.81. The standard InChI is InChI=1S/C20H21Cl2NO4S/c1-26-20(24)9-4-14-12-15(5-8-19(14)23)27-10-2-3-11-28(25)16-6-7-17(21)18(22)13-16/h4-9,12-13H,2-3,10-11,23H2,1H3. The fraction of sp³-hybridized carbons (Fsp3) is 0.250. The number of carbonyl (C=O) groups excluding carboxylic acids is 1. The van der Waals surface area contributed by atoms with Crippen LogP contribution in [0.2, 0.25) is 10.0 Å². The molecule has 0 bridgehead atoms. The number of esters is 1. The van der Waals surface area contributed by atoms with Gasteiger partial charge < -0.3 is 15.2 Å². The molecule has 0 spiro atoms. The smallest absolute Gasteiger partial charge is 0.330 e. The lowest BCUT2D eigenvalue weighted by Gasteiger charge is -2.09. The predicted octanol–water partition coefficient (Wildman–Crippen LogP) is 4.73. The van der Waals surface area contributed by atoms with E-state index >= 15 is 0 Å². The minimum absolute atomic E-state index is 0.399. The average Bonchev–Trinajstić information content (AvgIpc) is 2.69. The molecule has 0 aromatic heterocycles. The Hall–Kier alpha value is -2.02. The van der Waals surface area contributed by atoms with Crippen LogP contribution >= 0.6 is 23.2 Å². The summed E-state index contributed by atoms with van der Waals surface area (Å²) in [5.41, 5.74) is 7.09. The number of methoxy groups -OCH3 is 1. The van der Waals surface area contributed by atoms with Crippen molar-refractivity contribution in [2.45, 2.75) is 17.7 Å². The summed E-state index contributed by atoms with van der Waals surface area (Å²) in [6.45, 7) is 0.475. The molecule has 0 heterocycles. The molecule has 150 valence electrons. The molecule has 2 aromatic carbocycles. The van der Waals surface area contributed by atoms with Crippen molar-refractivity contribution < 1.29 is 18.5 Å². The van der Waals surface area contributed by atoms with Gasteiger partial charge in [0.15, 0.2) is 0 Å². The van der Waals surface area contributed by atoms with Gasteiger partial charge in [-0.3, -0.25) is 4.21 Å². The van der Waals surface area contributed by atoms with Crippen LogP contribution in [0.1, 0.15) is 18.4 Å². The Morgan fingerprint density at radius 2 is 1.93 bits per heavy atom. The van der Waals surface area contributed by atoms with Crippen LogP contribution in [0.15, 0.2) is 47.4 Å². The summed E-state index contributed by atoms with van der Waals surface area (Å²) < 4.78 is 22.6. The normalized spacial score (nSPS) is 12.1. The number of nitrogens with two attached hydrogens (primary N) is 1. The maximum Gasteiger partial charge on any atom is 0.330 e. The van der Waals surface area contributed by atoms with E-state index in [0.29, 0.717) is 44.3 Å². The third-order valence-electron chi connectivity index (χ3n) is 3.81. The number of hydrogen-bond acceptors (Lipinski definition) is 5. The highest BCUT2D eigenvalue weighted by molar-refractivity contribution is 7.85. The first kappa shape index (κ1) is 22.3. The van der Waals surface area contributed by atoms with Gasteiger partial charge in [-0.2, -0.15) is 0 Å². The number of carbonyl (C=O) groups is 1. The van der Waals surface area contributed by atoms with Crippen molar-refractivity contribution in [2.24, 2.45) is 0 Å². The minimum Gasteiger partial charge on any atom is -0.494 e. The number of unbranched alkanes of at least 4 members (excludes halogenated alkanes) is 1. The molecule has 0 aliphatic carbocycles. The zero-order chi connectivity index (χ0) is 20.5. The predicted molar refractivity (Wildman–Crippen MR) is 114 cm³/mol. The lowest BCUT2D eigenvalue weighted by Crippen LogP contribution is -2.03. The lowest BCUT2D eigenvalue weighted by atomic mass is 10.1.